The summed E-state index contributed by atoms with van der Waals surface area (Å²) in [5.74, 6) is -0.481. The number of allylic oxidation sites excluding steroid dienone is 7. The van der Waals surface area contributed by atoms with Crippen molar-refractivity contribution in [3.05, 3.63) is 48.6 Å². The van der Waals surface area contributed by atoms with E-state index in [1.165, 1.54) is 315 Å². The highest BCUT2D eigenvalue weighted by Gasteiger charge is 2.30. The van der Waals surface area contributed by atoms with Gasteiger partial charge in [0.05, 0.1) is 33.8 Å². The predicted molar refractivity (Wildman–Crippen MR) is 406 cm³/mol. The van der Waals surface area contributed by atoms with Crippen molar-refractivity contribution >= 4 is 19.7 Å². The number of amides is 1. The van der Waals surface area contributed by atoms with Crippen molar-refractivity contribution in [2.24, 2.45) is 0 Å². The number of likely N-dealkylation sites (N-methyl/N-ethyl adjacent to an activating group) is 1. The van der Waals surface area contributed by atoms with Gasteiger partial charge >= 0.3 is 13.8 Å². The lowest BCUT2D eigenvalue weighted by atomic mass is 10.0. The largest absolute Gasteiger partial charge is 0.472 e. The second-order valence-corrected chi connectivity index (χ2v) is 30.8. The molecule has 0 radical (unpaired) electrons. The van der Waals surface area contributed by atoms with Crippen LogP contribution in [0.1, 0.15) is 419 Å². The molecule has 0 aliphatic carbocycles. The van der Waals surface area contributed by atoms with Gasteiger partial charge in [0, 0.05) is 12.8 Å². The maximum Gasteiger partial charge on any atom is 0.472 e. The first-order valence-electron chi connectivity index (χ1n) is 41.0. The maximum atomic E-state index is 13.7. The summed E-state index contributed by atoms with van der Waals surface area (Å²) in [4.78, 5) is 38.1. The van der Waals surface area contributed by atoms with Crippen LogP contribution in [-0.4, -0.2) is 74.3 Å². The topological polar surface area (TPSA) is 111 Å². The van der Waals surface area contributed by atoms with E-state index in [4.69, 9.17) is 13.8 Å². The lowest BCUT2D eigenvalue weighted by molar-refractivity contribution is -0.870. The van der Waals surface area contributed by atoms with Crippen LogP contribution in [0.2, 0.25) is 0 Å². The van der Waals surface area contributed by atoms with E-state index in [0.717, 1.165) is 70.6 Å². The fourth-order valence-electron chi connectivity index (χ4n) is 12.5. The highest BCUT2D eigenvalue weighted by Crippen LogP contribution is 2.43. The molecule has 0 aromatic rings. The number of nitrogens with zero attached hydrogens (tertiary/aromatic N) is 1. The van der Waals surface area contributed by atoms with E-state index in [1.807, 2.05) is 27.2 Å². The normalized spacial score (nSPS) is 13.6. The monoisotopic (exact) mass is 1330 g/mol. The molecule has 0 aliphatic heterocycles. The Hall–Kier alpha value is -2.03. The van der Waals surface area contributed by atoms with Gasteiger partial charge < -0.3 is 19.4 Å². The zero-order valence-corrected chi connectivity index (χ0v) is 63.9. The minimum Gasteiger partial charge on any atom is -0.456 e. The van der Waals surface area contributed by atoms with Gasteiger partial charge in [-0.3, -0.25) is 18.6 Å². The summed E-state index contributed by atoms with van der Waals surface area (Å²) in [6.45, 7) is 7.07. The first-order valence-corrected chi connectivity index (χ1v) is 42.5. The molecule has 0 saturated carbocycles. The molecule has 3 atom stereocenters. The minimum absolute atomic E-state index is 0.0430. The van der Waals surface area contributed by atoms with Crippen LogP contribution in [0, 0.1) is 0 Å². The Morgan fingerprint density at radius 1 is 0.376 bits per heavy atom. The molecule has 1 amide bonds. The number of nitrogens with one attached hydrogen (secondary N) is 1. The van der Waals surface area contributed by atoms with Crippen molar-refractivity contribution < 1.29 is 37.3 Å². The van der Waals surface area contributed by atoms with Crippen LogP contribution in [0.25, 0.3) is 0 Å². The van der Waals surface area contributed by atoms with Gasteiger partial charge in [0.15, 0.2) is 0 Å². The third-order valence-electron chi connectivity index (χ3n) is 18.8. The minimum atomic E-state index is -4.46. The van der Waals surface area contributed by atoms with Gasteiger partial charge in [-0.2, -0.15) is 0 Å². The second kappa shape index (κ2) is 72.7. The van der Waals surface area contributed by atoms with E-state index in [-0.39, 0.29) is 25.1 Å². The molecule has 0 aliphatic rings. The molecule has 0 fully saturated rings. The SMILES string of the molecule is CCCCC/C=C\C/C=C\C/C=C\CCCCCCCCCCCCCCCCC(=O)OC(/C=C/CCCCCCCCCCCCC)C(COP(=O)(O)OCC[N+](C)(C)C)NC(=O)CCCCCCCCCCCCCCCCCCCCCCCCCCCCC. The first-order chi connectivity index (χ1) is 45.4. The van der Waals surface area contributed by atoms with E-state index in [2.05, 4.69) is 68.6 Å². The quantitative estimate of drug-likeness (QED) is 0.0205. The van der Waals surface area contributed by atoms with Crippen molar-refractivity contribution in [2.45, 2.75) is 431 Å². The number of carbonyl (C=O) groups is 2. The fourth-order valence-corrected chi connectivity index (χ4v) is 13.2. The highest BCUT2D eigenvalue weighted by molar-refractivity contribution is 7.47. The third-order valence-corrected chi connectivity index (χ3v) is 19.8. The van der Waals surface area contributed by atoms with Crippen molar-refractivity contribution in [2.75, 3.05) is 40.9 Å². The van der Waals surface area contributed by atoms with Crippen molar-refractivity contribution in [3.63, 3.8) is 0 Å². The van der Waals surface area contributed by atoms with Crippen LogP contribution in [0.3, 0.4) is 0 Å². The molecule has 10 heteroatoms. The number of rotatable bonds is 76. The van der Waals surface area contributed by atoms with E-state index in [0.29, 0.717) is 23.9 Å². The van der Waals surface area contributed by atoms with E-state index in [9.17, 15) is 19.0 Å². The molecular weight excluding hydrogens is 1170 g/mol. The number of quaternary nitrogens is 1. The van der Waals surface area contributed by atoms with Crippen LogP contribution >= 0.6 is 7.82 Å². The van der Waals surface area contributed by atoms with Gasteiger partial charge in [0.1, 0.15) is 19.3 Å². The summed E-state index contributed by atoms with van der Waals surface area (Å²) in [5.41, 5.74) is 0. The number of phosphoric acid groups is 1. The van der Waals surface area contributed by atoms with E-state index in [1.54, 1.807) is 0 Å². The smallest absolute Gasteiger partial charge is 0.456 e. The van der Waals surface area contributed by atoms with Crippen LogP contribution in [-0.2, 0) is 27.9 Å². The van der Waals surface area contributed by atoms with Crippen molar-refractivity contribution in [1.82, 2.24) is 5.32 Å². The number of unbranched alkanes of at least 4 members (excludes halogenated alkanes) is 54. The zero-order valence-electron chi connectivity index (χ0n) is 63.0. The average Bonchev–Trinajstić information content (AvgIpc) is 2.15. The lowest BCUT2D eigenvalue weighted by Gasteiger charge is -2.27. The molecule has 0 heterocycles. The van der Waals surface area contributed by atoms with Gasteiger partial charge in [-0.25, -0.2) is 4.57 Å². The molecule has 9 nitrogen and oxygen atoms in total. The van der Waals surface area contributed by atoms with Gasteiger partial charge in [-0.15, -0.1) is 0 Å². The molecule has 0 aromatic carbocycles. The number of phosphoric ester groups is 1. The number of hydrogen-bond acceptors (Lipinski definition) is 6. The average molecular weight is 1330 g/mol. The van der Waals surface area contributed by atoms with Crippen LogP contribution in [0.15, 0.2) is 48.6 Å². The number of carbonyl (C=O) groups excluding carboxylic acids is 2. The molecule has 548 valence electrons. The molecule has 2 N–H and O–H groups in total. The number of hydrogen-bond donors (Lipinski definition) is 2. The van der Waals surface area contributed by atoms with Crippen LogP contribution < -0.4 is 5.32 Å². The Labute approximate surface area is 579 Å². The number of ether oxygens (including phenoxy) is 1. The molecule has 3 unspecified atom stereocenters. The maximum absolute atomic E-state index is 13.7. The predicted octanol–water partition coefficient (Wildman–Crippen LogP) is 26.7. The Morgan fingerprint density at radius 3 is 1.00 bits per heavy atom. The van der Waals surface area contributed by atoms with Crippen LogP contribution in [0.5, 0.6) is 0 Å². The Bertz CT molecular complexity index is 1730. The Morgan fingerprint density at radius 2 is 0.656 bits per heavy atom. The molecule has 0 spiro atoms. The zero-order chi connectivity index (χ0) is 67.8. The molecule has 0 saturated heterocycles. The molecule has 0 aromatic heterocycles. The van der Waals surface area contributed by atoms with Gasteiger partial charge in [-0.1, -0.05) is 384 Å². The molecule has 0 rings (SSSR count). The first kappa shape index (κ1) is 91.0. The third kappa shape index (κ3) is 74.0. The standard InChI is InChI=1S/C83H159N2O7P/c1-7-10-13-16-19-22-25-28-30-32-34-36-38-40-42-44-46-48-50-52-54-57-60-63-66-69-72-75-82(86)84-80(79-91-93(88,89)90-78-77-85(4,5)6)81(74-71-68-65-62-59-56-27-24-21-18-15-12-9-3)92-83(87)76-73-70-67-64-61-58-55-53-51-49-47-45-43-41-39-37-35-33-31-29-26-23-20-17-14-11-8-2/h20,23,29,31,35,37,71,74,80-81H,7-19,21-22,24-28,30,32-34,36,38-70,72-73,75-79H2,1-6H3,(H-,84,86,88,89)/p+1/b23-20-,31-29-,37-35-,74-71+. The molecule has 0 bridgehead atoms. The van der Waals surface area contributed by atoms with E-state index >= 15 is 0 Å². The van der Waals surface area contributed by atoms with Gasteiger partial charge in [0.2, 0.25) is 5.91 Å². The lowest BCUT2D eigenvalue weighted by Crippen LogP contribution is -2.47. The van der Waals surface area contributed by atoms with E-state index < -0.39 is 20.0 Å². The molecular formula is C83H160N2O7P+. The Kier molecular flexibility index (Phi) is 71.1. The summed E-state index contributed by atoms with van der Waals surface area (Å²) >= 11 is 0. The summed E-state index contributed by atoms with van der Waals surface area (Å²) in [5, 5.41) is 3.09. The van der Waals surface area contributed by atoms with Crippen molar-refractivity contribution in [1.29, 1.82) is 0 Å². The van der Waals surface area contributed by atoms with Gasteiger partial charge in [0.25, 0.3) is 0 Å². The van der Waals surface area contributed by atoms with Gasteiger partial charge in [-0.05, 0) is 70.3 Å². The number of esters is 1. The van der Waals surface area contributed by atoms with Crippen LogP contribution in [0.4, 0.5) is 0 Å². The summed E-state index contributed by atoms with van der Waals surface area (Å²) in [6.07, 6.45) is 94.4. The summed E-state index contributed by atoms with van der Waals surface area (Å²) in [6, 6.07) is -0.848. The molecule has 93 heavy (non-hydrogen) atoms. The fraction of sp³-hybridized carbons (Fsp3) is 0.880. The van der Waals surface area contributed by atoms with Crippen molar-refractivity contribution in [3.8, 4) is 0 Å². The Balaban J connectivity index is 4.90. The summed E-state index contributed by atoms with van der Waals surface area (Å²) < 4.78 is 31.0. The second-order valence-electron chi connectivity index (χ2n) is 29.3. The highest BCUT2D eigenvalue weighted by atomic mass is 31.2. The summed E-state index contributed by atoms with van der Waals surface area (Å²) in [7, 11) is 1.52.